The average Bonchev–Trinajstić information content (AvgIpc) is 2.28. The first-order valence-corrected chi connectivity index (χ1v) is 5.26. The highest BCUT2D eigenvalue weighted by molar-refractivity contribution is 5.92. The van der Waals surface area contributed by atoms with Crippen LogP contribution in [-0.2, 0) is 0 Å². The fourth-order valence-electron chi connectivity index (χ4n) is 1.56. The average molecular weight is 232 g/mol. The lowest BCUT2D eigenvalue weighted by Crippen LogP contribution is -2.13. The lowest BCUT2D eigenvalue weighted by atomic mass is 10.1. The molecule has 5 heteroatoms. The number of aromatic amines is 1. The number of fused-ring (bicyclic) bond motifs is 1. The standard InChI is InChI=1S/C12H12N2O3/c1-6(2)10-13-9-4-3-7(12(16)17)5-8(9)11(15)14-10/h3-6H,1-2H3,(H,16,17)(H,13,14,15). The van der Waals surface area contributed by atoms with Crippen LogP contribution in [0.5, 0.6) is 0 Å². The second-order valence-corrected chi connectivity index (χ2v) is 4.14. The van der Waals surface area contributed by atoms with Gasteiger partial charge in [-0.3, -0.25) is 4.79 Å². The zero-order valence-corrected chi connectivity index (χ0v) is 9.52. The summed E-state index contributed by atoms with van der Waals surface area (Å²) in [7, 11) is 0. The highest BCUT2D eigenvalue weighted by atomic mass is 16.4. The molecule has 0 saturated heterocycles. The minimum atomic E-state index is -1.06. The summed E-state index contributed by atoms with van der Waals surface area (Å²) in [4.78, 5) is 29.5. The van der Waals surface area contributed by atoms with E-state index in [4.69, 9.17) is 5.11 Å². The third kappa shape index (κ3) is 2.04. The molecule has 88 valence electrons. The summed E-state index contributed by atoms with van der Waals surface area (Å²) in [6.07, 6.45) is 0. The Bertz CT molecular complexity index is 644. The molecule has 2 aromatic rings. The number of hydrogen-bond acceptors (Lipinski definition) is 3. The Kier molecular flexibility index (Phi) is 2.67. The Hall–Kier alpha value is -2.17. The van der Waals surface area contributed by atoms with Crippen LogP contribution in [0.15, 0.2) is 23.0 Å². The first kappa shape index (κ1) is 11.3. The molecule has 0 aliphatic carbocycles. The molecule has 17 heavy (non-hydrogen) atoms. The van der Waals surface area contributed by atoms with Gasteiger partial charge < -0.3 is 10.1 Å². The quantitative estimate of drug-likeness (QED) is 0.826. The molecule has 1 heterocycles. The topological polar surface area (TPSA) is 83.0 Å². The molecule has 0 bridgehead atoms. The SMILES string of the molecule is CC(C)c1nc2ccc(C(=O)O)cc2c(=O)[nH]1. The molecule has 0 unspecified atom stereocenters. The van der Waals surface area contributed by atoms with E-state index in [-0.39, 0.29) is 17.0 Å². The van der Waals surface area contributed by atoms with Crippen molar-refractivity contribution in [1.82, 2.24) is 9.97 Å². The highest BCUT2D eigenvalue weighted by Crippen LogP contribution is 2.13. The molecule has 2 N–H and O–H groups in total. The van der Waals surface area contributed by atoms with Gasteiger partial charge in [0.1, 0.15) is 5.82 Å². The summed E-state index contributed by atoms with van der Waals surface area (Å²) in [5, 5.41) is 9.15. The number of hydrogen-bond donors (Lipinski definition) is 2. The Balaban J connectivity index is 2.73. The van der Waals surface area contributed by atoms with Crippen LogP contribution in [0.4, 0.5) is 0 Å². The number of carbonyl (C=O) groups is 1. The normalized spacial score (nSPS) is 11.0. The molecule has 0 spiro atoms. The molecule has 0 saturated carbocycles. The van der Waals surface area contributed by atoms with Crippen LogP contribution in [0.1, 0.15) is 35.9 Å². The maximum Gasteiger partial charge on any atom is 0.335 e. The Morgan fingerprint density at radius 3 is 2.71 bits per heavy atom. The number of rotatable bonds is 2. The van der Waals surface area contributed by atoms with Crippen LogP contribution in [0, 0.1) is 0 Å². The molecule has 0 radical (unpaired) electrons. The van der Waals surface area contributed by atoms with E-state index in [1.165, 1.54) is 12.1 Å². The van der Waals surface area contributed by atoms with E-state index in [1.54, 1.807) is 6.07 Å². The summed E-state index contributed by atoms with van der Waals surface area (Å²) in [6, 6.07) is 4.34. The van der Waals surface area contributed by atoms with Crippen molar-refractivity contribution in [2.24, 2.45) is 0 Å². The number of aromatic carboxylic acids is 1. The predicted molar refractivity (Wildman–Crippen MR) is 63.4 cm³/mol. The van der Waals surface area contributed by atoms with Crippen molar-refractivity contribution in [2.45, 2.75) is 19.8 Å². The zero-order chi connectivity index (χ0) is 12.6. The molecule has 0 atom stereocenters. The van der Waals surface area contributed by atoms with Gasteiger partial charge in [-0.1, -0.05) is 13.8 Å². The van der Waals surface area contributed by atoms with Gasteiger partial charge in [0.15, 0.2) is 0 Å². The van der Waals surface area contributed by atoms with E-state index < -0.39 is 5.97 Å². The van der Waals surface area contributed by atoms with Crippen molar-refractivity contribution in [3.05, 3.63) is 39.9 Å². The van der Waals surface area contributed by atoms with Gasteiger partial charge in [-0.05, 0) is 18.2 Å². The molecular weight excluding hydrogens is 220 g/mol. The van der Waals surface area contributed by atoms with Gasteiger partial charge in [0.25, 0.3) is 5.56 Å². The maximum atomic E-state index is 11.8. The zero-order valence-electron chi connectivity index (χ0n) is 9.52. The van der Waals surface area contributed by atoms with Gasteiger partial charge in [-0.2, -0.15) is 0 Å². The smallest absolute Gasteiger partial charge is 0.335 e. The van der Waals surface area contributed by atoms with Crippen molar-refractivity contribution in [2.75, 3.05) is 0 Å². The number of benzene rings is 1. The van der Waals surface area contributed by atoms with Crippen LogP contribution in [0.3, 0.4) is 0 Å². The van der Waals surface area contributed by atoms with Gasteiger partial charge in [0.2, 0.25) is 0 Å². The fraction of sp³-hybridized carbons (Fsp3) is 0.250. The van der Waals surface area contributed by atoms with Crippen LogP contribution >= 0.6 is 0 Å². The van der Waals surface area contributed by atoms with Crippen LogP contribution in [0.25, 0.3) is 10.9 Å². The summed E-state index contributed by atoms with van der Waals surface area (Å²) in [5.41, 5.74) is 0.298. The third-order valence-corrected chi connectivity index (χ3v) is 2.52. The van der Waals surface area contributed by atoms with Crippen molar-refractivity contribution in [3.63, 3.8) is 0 Å². The molecule has 0 aliphatic heterocycles. The Morgan fingerprint density at radius 1 is 1.41 bits per heavy atom. The largest absolute Gasteiger partial charge is 0.478 e. The number of nitrogens with zero attached hydrogens (tertiary/aromatic N) is 1. The highest BCUT2D eigenvalue weighted by Gasteiger charge is 2.09. The first-order valence-electron chi connectivity index (χ1n) is 5.26. The summed E-state index contributed by atoms with van der Waals surface area (Å²) in [6.45, 7) is 3.85. The molecule has 0 aliphatic rings. The van der Waals surface area contributed by atoms with E-state index in [0.717, 1.165) is 0 Å². The summed E-state index contributed by atoms with van der Waals surface area (Å²) in [5.74, 6) is -0.337. The Labute approximate surface area is 97.1 Å². The second kappa shape index (κ2) is 4.01. The van der Waals surface area contributed by atoms with E-state index in [1.807, 2.05) is 13.8 Å². The van der Waals surface area contributed by atoms with Crippen LogP contribution in [-0.4, -0.2) is 21.0 Å². The summed E-state index contributed by atoms with van der Waals surface area (Å²) < 4.78 is 0. The van der Waals surface area contributed by atoms with Crippen molar-refractivity contribution < 1.29 is 9.90 Å². The molecule has 1 aromatic heterocycles. The van der Waals surface area contributed by atoms with E-state index in [0.29, 0.717) is 16.7 Å². The molecular formula is C12H12N2O3. The lowest BCUT2D eigenvalue weighted by Gasteiger charge is -2.05. The van der Waals surface area contributed by atoms with Gasteiger partial charge in [0.05, 0.1) is 16.5 Å². The van der Waals surface area contributed by atoms with Crippen LogP contribution in [0.2, 0.25) is 0 Å². The van der Waals surface area contributed by atoms with E-state index in [9.17, 15) is 9.59 Å². The van der Waals surface area contributed by atoms with E-state index >= 15 is 0 Å². The van der Waals surface area contributed by atoms with Crippen molar-refractivity contribution >= 4 is 16.9 Å². The lowest BCUT2D eigenvalue weighted by molar-refractivity contribution is 0.0697. The molecule has 1 aromatic carbocycles. The number of aromatic nitrogens is 2. The van der Waals surface area contributed by atoms with Crippen molar-refractivity contribution in [3.8, 4) is 0 Å². The number of H-pyrrole nitrogens is 1. The summed E-state index contributed by atoms with van der Waals surface area (Å²) >= 11 is 0. The minimum absolute atomic E-state index is 0.0853. The molecule has 0 amide bonds. The number of carboxylic acid groups (broad SMARTS) is 1. The molecule has 0 fully saturated rings. The van der Waals surface area contributed by atoms with Gasteiger partial charge >= 0.3 is 5.97 Å². The maximum absolute atomic E-state index is 11.8. The minimum Gasteiger partial charge on any atom is -0.478 e. The van der Waals surface area contributed by atoms with Gasteiger partial charge in [0, 0.05) is 5.92 Å². The first-order chi connectivity index (χ1) is 7.99. The molecule has 2 rings (SSSR count). The van der Waals surface area contributed by atoms with E-state index in [2.05, 4.69) is 9.97 Å². The second-order valence-electron chi connectivity index (χ2n) is 4.14. The monoisotopic (exact) mass is 232 g/mol. The van der Waals surface area contributed by atoms with Gasteiger partial charge in [-0.15, -0.1) is 0 Å². The van der Waals surface area contributed by atoms with Crippen LogP contribution < -0.4 is 5.56 Å². The Morgan fingerprint density at radius 2 is 2.12 bits per heavy atom. The fourth-order valence-corrected chi connectivity index (χ4v) is 1.56. The van der Waals surface area contributed by atoms with Crippen molar-refractivity contribution in [1.29, 1.82) is 0 Å². The van der Waals surface area contributed by atoms with Gasteiger partial charge in [-0.25, -0.2) is 9.78 Å². The predicted octanol–water partition coefficient (Wildman–Crippen LogP) is 1.74. The number of nitrogens with one attached hydrogen (secondary N) is 1. The number of carboxylic acids is 1. The third-order valence-electron chi connectivity index (χ3n) is 2.52. The molecule has 5 nitrogen and oxygen atoms in total.